The summed E-state index contributed by atoms with van der Waals surface area (Å²) < 4.78 is 0. The first-order valence-electron chi connectivity index (χ1n) is 5.80. The Kier molecular flexibility index (Phi) is 3.68. The molecule has 0 spiro atoms. The molecule has 0 radical (unpaired) electrons. The summed E-state index contributed by atoms with van der Waals surface area (Å²) in [7, 11) is 0. The van der Waals surface area contributed by atoms with Crippen LogP contribution in [0.5, 0.6) is 0 Å². The van der Waals surface area contributed by atoms with Gasteiger partial charge in [-0.15, -0.1) is 0 Å². The molecule has 2 aromatic rings. The predicted octanol–water partition coefficient (Wildman–Crippen LogP) is 3.96. The molecule has 0 aliphatic carbocycles. The lowest BCUT2D eigenvalue weighted by Gasteiger charge is -2.05. The maximum atomic E-state index is 11.2. The second kappa shape index (κ2) is 5.23. The third-order valence-electron chi connectivity index (χ3n) is 2.87. The summed E-state index contributed by atoms with van der Waals surface area (Å²) in [6.45, 7) is 3.61. The van der Waals surface area contributed by atoms with Crippen molar-refractivity contribution in [3.63, 3.8) is 0 Å². The molecule has 2 rings (SSSR count). The number of carbonyl (C=O) groups excluding carboxylic acids is 1. The third kappa shape index (κ3) is 2.71. The van der Waals surface area contributed by atoms with Crippen molar-refractivity contribution in [2.45, 2.75) is 13.8 Å². The monoisotopic (exact) mass is 254 g/mol. The molecule has 0 saturated carbocycles. The highest BCUT2D eigenvalue weighted by Gasteiger charge is 2.05. The zero-order chi connectivity index (χ0) is 13.1. The van der Waals surface area contributed by atoms with Crippen molar-refractivity contribution in [3.05, 3.63) is 70.8 Å². The Morgan fingerprint density at radius 1 is 0.833 bits per heavy atom. The van der Waals surface area contributed by atoms with Gasteiger partial charge >= 0.3 is 0 Å². The molecule has 0 bridgehead atoms. The maximum absolute atomic E-state index is 11.2. The molecule has 90 valence electrons. The smallest absolute Gasteiger partial charge is 0.159 e. The van der Waals surface area contributed by atoms with Crippen LogP contribution in [0.15, 0.2) is 48.5 Å². The van der Waals surface area contributed by atoms with Gasteiger partial charge in [-0.3, -0.25) is 4.79 Å². The number of ketones is 1. The standard InChI is InChI=1S/C16H14OS/c1-11-3-5-14(6-4-11)16(18)15-9-7-13(8-10-15)12(2)17/h3-10H,1-2H3. The highest BCUT2D eigenvalue weighted by atomic mass is 32.1. The summed E-state index contributed by atoms with van der Waals surface area (Å²) in [6.07, 6.45) is 0. The van der Waals surface area contributed by atoms with E-state index < -0.39 is 0 Å². The minimum atomic E-state index is 0.0720. The van der Waals surface area contributed by atoms with Crippen LogP contribution < -0.4 is 0 Å². The van der Waals surface area contributed by atoms with E-state index in [0.29, 0.717) is 5.56 Å². The highest BCUT2D eigenvalue weighted by molar-refractivity contribution is 7.81. The lowest BCUT2D eigenvalue weighted by atomic mass is 10.0. The number of benzene rings is 2. The summed E-state index contributed by atoms with van der Waals surface area (Å²) in [5.41, 5.74) is 3.93. The molecule has 18 heavy (non-hydrogen) atoms. The first-order valence-corrected chi connectivity index (χ1v) is 6.21. The Labute approximate surface area is 112 Å². The van der Waals surface area contributed by atoms with E-state index in [1.807, 2.05) is 48.5 Å². The van der Waals surface area contributed by atoms with E-state index in [9.17, 15) is 4.79 Å². The summed E-state index contributed by atoms with van der Waals surface area (Å²) in [5, 5.41) is 0. The Bertz CT molecular complexity index is 579. The molecule has 1 nitrogen and oxygen atoms in total. The van der Waals surface area contributed by atoms with Crippen molar-refractivity contribution >= 4 is 22.9 Å². The van der Waals surface area contributed by atoms with Gasteiger partial charge in [0, 0.05) is 5.56 Å². The van der Waals surface area contributed by atoms with Crippen molar-refractivity contribution in [1.29, 1.82) is 0 Å². The van der Waals surface area contributed by atoms with Crippen molar-refractivity contribution in [1.82, 2.24) is 0 Å². The van der Waals surface area contributed by atoms with Crippen molar-refractivity contribution in [3.8, 4) is 0 Å². The number of hydrogen-bond acceptors (Lipinski definition) is 2. The van der Waals surface area contributed by atoms with Crippen LogP contribution in [0.4, 0.5) is 0 Å². The van der Waals surface area contributed by atoms with Crippen LogP contribution in [0.3, 0.4) is 0 Å². The van der Waals surface area contributed by atoms with Crippen LogP contribution >= 0.6 is 12.2 Å². The number of hydrogen-bond donors (Lipinski definition) is 0. The minimum Gasteiger partial charge on any atom is -0.295 e. The first-order chi connectivity index (χ1) is 8.58. The Morgan fingerprint density at radius 3 is 1.67 bits per heavy atom. The number of thiocarbonyl (C=S) groups is 1. The van der Waals surface area contributed by atoms with Crippen LogP contribution in [-0.4, -0.2) is 10.6 Å². The SMILES string of the molecule is CC(=O)c1ccc(C(=S)c2ccc(C)cc2)cc1. The zero-order valence-corrected chi connectivity index (χ0v) is 11.3. The molecule has 0 N–H and O–H groups in total. The molecular weight excluding hydrogens is 240 g/mol. The van der Waals surface area contributed by atoms with Gasteiger partial charge in [0.25, 0.3) is 0 Å². The zero-order valence-electron chi connectivity index (χ0n) is 10.4. The van der Waals surface area contributed by atoms with Gasteiger partial charge in [0.15, 0.2) is 5.78 Å². The van der Waals surface area contributed by atoms with Gasteiger partial charge in [0.1, 0.15) is 0 Å². The molecular formula is C16H14OS. The molecule has 0 heterocycles. The Hall–Kier alpha value is -1.80. The van der Waals surface area contributed by atoms with Crippen molar-refractivity contribution in [2.75, 3.05) is 0 Å². The van der Waals surface area contributed by atoms with Crippen molar-refractivity contribution < 1.29 is 4.79 Å². The fourth-order valence-corrected chi connectivity index (χ4v) is 2.00. The van der Waals surface area contributed by atoms with E-state index in [2.05, 4.69) is 6.92 Å². The number of aryl methyl sites for hydroxylation is 1. The topological polar surface area (TPSA) is 17.1 Å². The summed E-state index contributed by atoms with van der Waals surface area (Å²) in [6, 6.07) is 15.6. The van der Waals surface area contributed by atoms with Crippen molar-refractivity contribution in [2.24, 2.45) is 0 Å². The molecule has 0 unspecified atom stereocenters. The minimum absolute atomic E-state index is 0.0720. The largest absolute Gasteiger partial charge is 0.295 e. The highest BCUT2D eigenvalue weighted by Crippen LogP contribution is 2.13. The van der Waals surface area contributed by atoms with Gasteiger partial charge < -0.3 is 0 Å². The molecule has 0 saturated heterocycles. The maximum Gasteiger partial charge on any atom is 0.159 e. The summed E-state index contributed by atoms with van der Waals surface area (Å²) in [4.78, 5) is 12.0. The van der Waals surface area contributed by atoms with Gasteiger partial charge in [-0.05, 0) is 25.0 Å². The van der Waals surface area contributed by atoms with E-state index in [0.717, 1.165) is 16.0 Å². The average Bonchev–Trinajstić information content (AvgIpc) is 2.39. The van der Waals surface area contributed by atoms with Crippen LogP contribution in [0.2, 0.25) is 0 Å². The molecule has 2 heteroatoms. The van der Waals surface area contributed by atoms with E-state index in [-0.39, 0.29) is 5.78 Å². The second-order valence-electron chi connectivity index (χ2n) is 4.33. The lowest BCUT2D eigenvalue weighted by molar-refractivity contribution is 0.101. The molecule has 2 aromatic carbocycles. The molecule has 0 fully saturated rings. The number of Topliss-reactive ketones (excluding diaryl/α,β-unsaturated/α-hetero) is 1. The fraction of sp³-hybridized carbons (Fsp3) is 0.125. The molecule has 0 aliphatic heterocycles. The number of rotatable bonds is 3. The van der Waals surface area contributed by atoms with Gasteiger partial charge in [-0.2, -0.15) is 0 Å². The molecule has 0 amide bonds. The van der Waals surface area contributed by atoms with E-state index in [1.165, 1.54) is 5.56 Å². The summed E-state index contributed by atoms with van der Waals surface area (Å²) in [5.74, 6) is 0.0720. The van der Waals surface area contributed by atoms with E-state index in [4.69, 9.17) is 12.2 Å². The lowest BCUT2D eigenvalue weighted by Crippen LogP contribution is -2.00. The summed E-state index contributed by atoms with van der Waals surface area (Å²) >= 11 is 5.45. The van der Waals surface area contributed by atoms with Gasteiger partial charge in [0.2, 0.25) is 0 Å². The van der Waals surface area contributed by atoms with Gasteiger partial charge in [0.05, 0.1) is 4.86 Å². The Morgan fingerprint density at radius 2 is 1.22 bits per heavy atom. The van der Waals surface area contributed by atoms with Crippen LogP contribution in [0.1, 0.15) is 34.0 Å². The van der Waals surface area contributed by atoms with Gasteiger partial charge in [-0.25, -0.2) is 0 Å². The normalized spacial score (nSPS) is 10.1. The second-order valence-corrected chi connectivity index (χ2v) is 4.74. The fourth-order valence-electron chi connectivity index (χ4n) is 1.73. The third-order valence-corrected chi connectivity index (χ3v) is 3.34. The first kappa shape index (κ1) is 12.7. The van der Waals surface area contributed by atoms with E-state index in [1.54, 1.807) is 6.92 Å². The van der Waals surface area contributed by atoms with Crippen LogP contribution in [0, 0.1) is 6.92 Å². The van der Waals surface area contributed by atoms with E-state index >= 15 is 0 Å². The van der Waals surface area contributed by atoms with Gasteiger partial charge in [-0.1, -0.05) is 66.3 Å². The van der Waals surface area contributed by atoms with Crippen LogP contribution in [-0.2, 0) is 0 Å². The molecule has 0 aliphatic rings. The molecule has 0 aromatic heterocycles. The Balaban J connectivity index is 2.28. The number of carbonyl (C=O) groups is 1. The quantitative estimate of drug-likeness (QED) is 0.609. The average molecular weight is 254 g/mol. The van der Waals surface area contributed by atoms with Crippen LogP contribution in [0.25, 0.3) is 0 Å². The predicted molar refractivity (Wildman–Crippen MR) is 78.4 cm³/mol. The molecule has 0 atom stereocenters.